The summed E-state index contributed by atoms with van der Waals surface area (Å²) in [5, 5.41) is 22.0. The zero-order valence-electron chi connectivity index (χ0n) is 10.7. The van der Waals surface area contributed by atoms with Crippen molar-refractivity contribution in [1.29, 1.82) is 0 Å². The van der Waals surface area contributed by atoms with Crippen LogP contribution >= 0.6 is 15.9 Å². The minimum absolute atomic E-state index is 0.0991. The molecule has 0 saturated heterocycles. The van der Waals surface area contributed by atoms with Gasteiger partial charge in [0.2, 0.25) is 0 Å². The minimum atomic E-state index is -0.959. The van der Waals surface area contributed by atoms with E-state index in [0.29, 0.717) is 16.7 Å². The topological polar surface area (TPSA) is 69.6 Å². The first kappa shape index (κ1) is 14.3. The van der Waals surface area contributed by atoms with Crippen LogP contribution in [0.25, 0.3) is 0 Å². The van der Waals surface area contributed by atoms with Crippen LogP contribution in [0.2, 0.25) is 0 Å². The molecule has 1 aromatic rings. The maximum atomic E-state index is 11.3. The Morgan fingerprint density at radius 1 is 1.37 bits per heavy atom. The molecule has 0 aliphatic heterocycles. The number of nitrogens with one attached hydrogen (secondary N) is 1. The number of carbonyl (C=O) groups is 1. The Kier molecular flexibility index (Phi) is 4.47. The molecule has 1 fully saturated rings. The molecule has 1 aliphatic rings. The van der Waals surface area contributed by atoms with E-state index in [-0.39, 0.29) is 17.6 Å². The number of aliphatic hydroxyl groups excluding tert-OH is 1. The Hall–Kier alpha value is -1.07. The van der Waals surface area contributed by atoms with E-state index in [2.05, 4.69) is 21.2 Å². The first-order valence-corrected chi connectivity index (χ1v) is 7.24. The molecule has 0 bridgehead atoms. The van der Waals surface area contributed by atoms with Crippen molar-refractivity contribution in [3.05, 3.63) is 28.2 Å². The lowest BCUT2D eigenvalue weighted by Crippen LogP contribution is -2.31. The molecule has 0 heterocycles. The highest BCUT2D eigenvalue weighted by Crippen LogP contribution is 2.38. The van der Waals surface area contributed by atoms with Crippen molar-refractivity contribution in [3.63, 3.8) is 0 Å². The molecule has 4 nitrogen and oxygen atoms in total. The lowest BCUT2D eigenvalue weighted by atomic mass is 9.87. The van der Waals surface area contributed by atoms with Gasteiger partial charge in [0.15, 0.2) is 0 Å². The predicted octanol–water partition coefficient (Wildman–Crippen LogP) is 3.11. The van der Waals surface area contributed by atoms with Gasteiger partial charge in [0.25, 0.3) is 0 Å². The number of aliphatic hydroxyl groups is 1. The van der Waals surface area contributed by atoms with E-state index in [4.69, 9.17) is 0 Å². The van der Waals surface area contributed by atoms with Gasteiger partial charge in [0.05, 0.1) is 12.2 Å². The molecule has 1 saturated carbocycles. The molecule has 0 amide bonds. The molecule has 0 unspecified atom stereocenters. The quantitative estimate of drug-likeness (QED) is 0.777. The number of hydrogen-bond acceptors (Lipinski definition) is 3. The van der Waals surface area contributed by atoms with Crippen LogP contribution in [0.5, 0.6) is 0 Å². The Morgan fingerprint density at radius 3 is 2.63 bits per heavy atom. The van der Waals surface area contributed by atoms with Crippen LogP contribution in [0.4, 0.5) is 5.69 Å². The van der Waals surface area contributed by atoms with Gasteiger partial charge in [-0.3, -0.25) is 0 Å². The first-order valence-electron chi connectivity index (χ1n) is 6.44. The zero-order valence-corrected chi connectivity index (χ0v) is 12.2. The normalized spacial score (nSPS) is 17.4. The number of carboxylic acids is 1. The van der Waals surface area contributed by atoms with Crippen molar-refractivity contribution in [3.8, 4) is 0 Å². The minimum Gasteiger partial charge on any atom is -0.478 e. The molecule has 5 heteroatoms. The summed E-state index contributed by atoms with van der Waals surface area (Å²) in [6, 6.07) is 5.28. The van der Waals surface area contributed by atoms with Crippen molar-refractivity contribution in [2.24, 2.45) is 5.41 Å². The number of carboxylic acid groups (broad SMARTS) is 1. The molecule has 19 heavy (non-hydrogen) atoms. The van der Waals surface area contributed by atoms with Crippen molar-refractivity contribution in [2.45, 2.75) is 25.7 Å². The van der Waals surface area contributed by atoms with E-state index >= 15 is 0 Å². The molecule has 0 atom stereocenters. The lowest BCUT2D eigenvalue weighted by molar-refractivity contribution is 0.0697. The predicted molar refractivity (Wildman–Crippen MR) is 77.6 cm³/mol. The van der Waals surface area contributed by atoms with E-state index in [9.17, 15) is 15.0 Å². The van der Waals surface area contributed by atoms with Gasteiger partial charge in [0, 0.05) is 22.1 Å². The largest absolute Gasteiger partial charge is 0.478 e. The van der Waals surface area contributed by atoms with Crippen LogP contribution in [0.3, 0.4) is 0 Å². The standard InChI is InChI=1S/C14H18BrNO3/c15-10-4-3-5-11(12(10)13(18)19)16-8-14(9-17)6-1-2-7-14/h3-5,16-17H,1-2,6-9H2,(H,18,19). The third-order valence-corrected chi connectivity index (χ3v) is 4.54. The number of rotatable bonds is 5. The Balaban J connectivity index is 2.15. The Bertz CT molecular complexity index is 470. The van der Waals surface area contributed by atoms with E-state index in [1.54, 1.807) is 18.2 Å². The fraction of sp³-hybridized carbons (Fsp3) is 0.500. The summed E-state index contributed by atoms with van der Waals surface area (Å²) in [4.78, 5) is 11.3. The maximum absolute atomic E-state index is 11.3. The third kappa shape index (κ3) is 3.09. The van der Waals surface area contributed by atoms with Gasteiger partial charge in [-0.2, -0.15) is 0 Å². The highest BCUT2D eigenvalue weighted by molar-refractivity contribution is 9.10. The summed E-state index contributed by atoms with van der Waals surface area (Å²) in [7, 11) is 0. The summed E-state index contributed by atoms with van der Waals surface area (Å²) in [6.45, 7) is 0.761. The second kappa shape index (κ2) is 5.92. The molecule has 2 rings (SSSR count). The lowest BCUT2D eigenvalue weighted by Gasteiger charge is -2.27. The monoisotopic (exact) mass is 327 g/mol. The second-order valence-electron chi connectivity index (χ2n) is 5.19. The van der Waals surface area contributed by atoms with Crippen molar-refractivity contribution in [1.82, 2.24) is 0 Å². The molecule has 0 spiro atoms. The van der Waals surface area contributed by atoms with Gasteiger partial charge < -0.3 is 15.5 Å². The Labute approximate surface area is 121 Å². The van der Waals surface area contributed by atoms with Crippen molar-refractivity contribution in [2.75, 3.05) is 18.5 Å². The van der Waals surface area contributed by atoms with Crippen LogP contribution < -0.4 is 5.32 Å². The number of anilines is 1. The van der Waals surface area contributed by atoms with Gasteiger partial charge in [-0.05, 0) is 40.9 Å². The average molecular weight is 328 g/mol. The van der Waals surface area contributed by atoms with Gasteiger partial charge in [0.1, 0.15) is 0 Å². The second-order valence-corrected chi connectivity index (χ2v) is 6.04. The Morgan fingerprint density at radius 2 is 2.05 bits per heavy atom. The fourth-order valence-electron chi connectivity index (χ4n) is 2.69. The summed E-state index contributed by atoms with van der Waals surface area (Å²) in [5.41, 5.74) is 0.744. The zero-order chi connectivity index (χ0) is 13.9. The van der Waals surface area contributed by atoms with Crippen LogP contribution in [0.1, 0.15) is 36.0 Å². The summed E-state index contributed by atoms with van der Waals surface area (Å²) in [6.07, 6.45) is 4.25. The van der Waals surface area contributed by atoms with Gasteiger partial charge >= 0.3 is 5.97 Å². The fourth-order valence-corrected chi connectivity index (χ4v) is 3.22. The highest BCUT2D eigenvalue weighted by Gasteiger charge is 2.33. The number of hydrogen-bond donors (Lipinski definition) is 3. The molecular weight excluding hydrogens is 310 g/mol. The molecule has 3 N–H and O–H groups in total. The first-order chi connectivity index (χ1) is 9.08. The van der Waals surface area contributed by atoms with Crippen molar-refractivity contribution < 1.29 is 15.0 Å². The molecular formula is C14H18BrNO3. The number of halogens is 1. The van der Waals surface area contributed by atoms with Crippen LogP contribution in [0, 0.1) is 5.41 Å². The number of benzene rings is 1. The van der Waals surface area contributed by atoms with E-state index in [0.717, 1.165) is 25.7 Å². The maximum Gasteiger partial charge on any atom is 0.338 e. The van der Waals surface area contributed by atoms with Crippen LogP contribution in [-0.2, 0) is 0 Å². The summed E-state index contributed by atoms with van der Waals surface area (Å²) < 4.78 is 0.564. The molecule has 0 aromatic heterocycles. The SMILES string of the molecule is O=C(O)c1c(Br)cccc1NCC1(CO)CCCC1. The molecule has 104 valence electrons. The van der Waals surface area contributed by atoms with E-state index in [1.807, 2.05) is 0 Å². The molecule has 1 aromatic carbocycles. The molecule has 0 radical (unpaired) electrons. The summed E-state index contributed by atoms with van der Waals surface area (Å²) >= 11 is 3.26. The average Bonchev–Trinajstić information content (AvgIpc) is 2.85. The van der Waals surface area contributed by atoms with Crippen LogP contribution in [-0.4, -0.2) is 29.3 Å². The van der Waals surface area contributed by atoms with Crippen molar-refractivity contribution >= 4 is 27.6 Å². The third-order valence-electron chi connectivity index (χ3n) is 3.88. The number of aromatic carboxylic acids is 1. The van der Waals surface area contributed by atoms with Gasteiger partial charge in [-0.1, -0.05) is 18.9 Å². The van der Waals surface area contributed by atoms with Crippen LogP contribution in [0.15, 0.2) is 22.7 Å². The van der Waals surface area contributed by atoms with Gasteiger partial charge in [-0.15, -0.1) is 0 Å². The highest BCUT2D eigenvalue weighted by atomic mass is 79.9. The van der Waals surface area contributed by atoms with Gasteiger partial charge in [-0.25, -0.2) is 4.79 Å². The van der Waals surface area contributed by atoms with E-state index in [1.165, 1.54) is 0 Å². The smallest absolute Gasteiger partial charge is 0.338 e. The summed E-state index contributed by atoms with van der Waals surface area (Å²) in [5.74, 6) is -0.959. The van der Waals surface area contributed by atoms with E-state index < -0.39 is 5.97 Å². The molecule has 1 aliphatic carbocycles.